The maximum absolute atomic E-state index is 13.0. The first-order valence-corrected chi connectivity index (χ1v) is 8.91. The molecule has 2 aromatic rings. The van der Waals surface area contributed by atoms with E-state index in [1.165, 1.54) is 12.1 Å². The molecule has 1 N–H and O–H groups in total. The molecule has 0 radical (unpaired) electrons. The quantitative estimate of drug-likeness (QED) is 0.887. The molecule has 0 bridgehead atoms. The highest BCUT2D eigenvalue weighted by molar-refractivity contribution is 5.92. The van der Waals surface area contributed by atoms with Crippen LogP contribution in [0.3, 0.4) is 0 Å². The largest absolute Gasteiger partial charge is 0.347 e. The van der Waals surface area contributed by atoms with Gasteiger partial charge in [0.1, 0.15) is 11.5 Å². The van der Waals surface area contributed by atoms with E-state index < -0.39 is 0 Å². The lowest BCUT2D eigenvalue weighted by molar-refractivity contribution is 0.0945. The number of hydrogen-bond donors (Lipinski definition) is 1. The second kappa shape index (κ2) is 8.23. The Morgan fingerprint density at radius 1 is 1.15 bits per heavy atom. The summed E-state index contributed by atoms with van der Waals surface area (Å²) >= 11 is 0. The molecule has 6 nitrogen and oxygen atoms in total. The van der Waals surface area contributed by atoms with Crippen LogP contribution in [0.25, 0.3) is 0 Å². The van der Waals surface area contributed by atoms with Crippen LogP contribution >= 0.6 is 0 Å². The van der Waals surface area contributed by atoms with E-state index in [4.69, 9.17) is 0 Å². The molecule has 1 amide bonds. The average molecular weight is 357 g/mol. The summed E-state index contributed by atoms with van der Waals surface area (Å²) in [6.07, 6.45) is 0. The zero-order chi connectivity index (χ0) is 18.5. The molecule has 3 rings (SSSR count). The molecule has 1 aromatic carbocycles. The number of anilines is 1. The normalized spacial score (nSPS) is 15.1. The van der Waals surface area contributed by atoms with Crippen LogP contribution in [0.4, 0.5) is 10.3 Å². The van der Waals surface area contributed by atoms with Crippen LogP contribution in [-0.4, -0.2) is 53.5 Å². The molecule has 1 aliphatic heterocycles. The van der Waals surface area contributed by atoms with Gasteiger partial charge in [-0.3, -0.25) is 4.79 Å². The van der Waals surface area contributed by atoms with Gasteiger partial charge in [-0.15, -0.1) is 0 Å². The summed E-state index contributed by atoms with van der Waals surface area (Å²) in [7, 11) is 0. The van der Waals surface area contributed by atoms with Crippen molar-refractivity contribution in [2.24, 2.45) is 0 Å². The molecule has 7 heteroatoms. The molecule has 1 aromatic heterocycles. The topological polar surface area (TPSA) is 61.4 Å². The van der Waals surface area contributed by atoms with Crippen LogP contribution < -0.4 is 10.2 Å². The molecular formula is C19H24FN5O. The van der Waals surface area contributed by atoms with Crippen LogP contribution in [-0.2, 0) is 6.54 Å². The predicted octanol–water partition coefficient (Wildman–Crippen LogP) is 2.00. The number of carbonyl (C=O) groups excluding carboxylic acids is 1. The number of nitrogens with zero attached hydrogens (tertiary/aromatic N) is 4. The summed E-state index contributed by atoms with van der Waals surface area (Å²) in [5.41, 5.74) is 1.95. The van der Waals surface area contributed by atoms with Crippen molar-refractivity contribution >= 4 is 11.9 Å². The lowest BCUT2D eigenvalue weighted by atomic mass is 10.2. The summed E-state index contributed by atoms with van der Waals surface area (Å²) < 4.78 is 13.0. The van der Waals surface area contributed by atoms with E-state index in [2.05, 4.69) is 32.0 Å². The van der Waals surface area contributed by atoms with Crippen LogP contribution in [0.5, 0.6) is 0 Å². The van der Waals surface area contributed by atoms with Gasteiger partial charge in [-0.1, -0.05) is 19.1 Å². The summed E-state index contributed by atoms with van der Waals surface area (Å²) in [5.74, 6) is 0.0558. The minimum atomic E-state index is -0.292. The van der Waals surface area contributed by atoms with Crippen molar-refractivity contribution in [2.45, 2.75) is 20.4 Å². The molecule has 138 valence electrons. The highest BCUT2D eigenvalue weighted by Gasteiger charge is 2.20. The molecule has 1 aliphatic rings. The van der Waals surface area contributed by atoms with E-state index in [1.807, 2.05) is 6.92 Å². The van der Waals surface area contributed by atoms with Gasteiger partial charge in [0, 0.05) is 38.4 Å². The first kappa shape index (κ1) is 18.3. The number of piperazine rings is 1. The van der Waals surface area contributed by atoms with Crippen molar-refractivity contribution in [3.63, 3.8) is 0 Å². The highest BCUT2D eigenvalue weighted by Crippen LogP contribution is 2.13. The molecule has 0 saturated carbocycles. The van der Waals surface area contributed by atoms with Gasteiger partial charge >= 0.3 is 0 Å². The van der Waals surface area contributed by atoms with Crippen molar-refractivity contribution in [3.8, 4) is 0 Å². The second-order valence-corrected chi connectivity index (χ2v) is 6.43. The first-order valence-electron chi connectivity index (χ1n) is 8.91. The van der Waals surface area contributed by atoms with Crippen molar-refractivity contribution in [1.29, 1.82) is 0 Å². The summed E-state index contributed by atoms with van der Waals surface area (Å²) in [6.45, 7) is 9.04. The number of rotatable bonds is 5. The Hall–Kier alpha value is -2.54. The molecule has 1 fully saturated rings. The van der Waals surface area contributed by atoms with Gasteiger partial charge in [0.05, 0.1) is 0 Å². The third-order valence-electron chi connectivity index (χ3n) is 4.54. The van der Waals surface area contributed by atoms with E-state index >= 15 is 0 Å². The van der Waals surface area contributed by atoms with Gasteiger partial charge < -0.3 is 15.1 Å². The van der Waals surface area contributed by atoms with Gasteiger partial charge in [0.2, 0.25) is 5.95 Å². The summed E-state index contributed by atoms with van der Waals surface area (Å²) in [4.78, 5) is 25.9. The Kier molecular flexibility index (Phi) is 5.78. The maximum Gasteiger partial charge on any atom is 0.270 e. The molecule has 2 heterocycles. The minimum absolute atomic E-state index is 0.256. The monoisotopic (exact) mass is 357 g/mol. The Morgan fingerprint density at radius 3 is 2.50 bits per heavy atom. The van der Waals surface area contributed by atoms with Crippen LogP contribution in [0.15, 0.2) is 30.3 Å². The lowest BCUT2D eigenvalue weighted by Gasteiger charge is -2.34. The fraction of sp³-hybridized carbons (Fsp3) is 0.421. The molecule has 0 unspecified atom stereocenters. The van der Waals surface area contributed by atoms with Crippen LogP contribution in [0.2, 0.25) is 0 Å². The van der Waals surface area contributed by atoms with Crippen LogP contribution in [0.1, 0.15) is 28.7 Å². The van der Waals surface area contributed by atoms with Gasteiger partial charge in [0.25, 0.3) is 5.91 Å². The molecule has 0 aliphatic carbocycles. The molecule has 26 heavy (non-hydrogen) atoms. The minimum Gasteiger partial charge on any atom is -0.347 e. The number of amides is 1. The van der Waals surface area contributed by atoms with Crippen LogP contribution in [0, 0.1) is 12.7 Å². The second-order valence-electron chi connectivity index (χ2n) is 6.43. The fourth-order valence-electron chi connectivity index (χ4n) is 2.95. The van der Waals surface area contributed by atoms with Gasteiger partial charge in [-0.05, 0) is 37.2 Å². The zero-order valence-electron chi connectivity index (χ0n) is 15.2. The SMILES string of the molecule is CCN1CCN(c2nc(C)cc(C(=O)NCc3ccc(F)cc3)n2)CC1. The number of hydrogen-bond acceptors (Lipinski definition) is 5. The van der Waals surface area contributed by atoms with Gasteiger partial charge in [-0.2, -0.15) is 0 Å². The highest BCUT2D eigenvalue weighted by atomic mass is 19.1. The smallest absolute Gasteiger partial charge is 0.270 e. The number of aromatic nitrogens is 2. The standard InChI is InChI=1S/C19H24FN5O/c1-3-24-8-10-25(11-9-24)19-22-14(2)12-17(23-19)18(26)21-13-15-4-6-16(20)7-5-15/h4-7,12H,3,8-11,13H2,1-2H3,(H,21,26). The fourth-order valence-corrected chi connectivity index (χ4v) is 2.95. The summed E-state index contributed by atoms with van der Waals surface area (Å²) in [5, 5.41) is 2.83. The van der Waals surface area contributed by atoms with Gasteiger partial charge in [-0.25, -0.2) is 14.4 Å². The van der Waals surface area contributed by atoms with E-state index in [9.17, 15) is 9.18 Å². The van der Waals surface area contributed by atoms with E-state index in [-0.39, 0.29) is 11.7 Å². The third kappa shape index (κ3) is 4.54. The number of carbonyl (C=O) groups is 1. The van der Waals surface area contributed by atoms with Crippen molar-refractivity contribution in [1.82, 2.24) is 20.2 Å². The average Bonchev–Trinajstić information content (AvgIpc) is 2.67. The van der Waals surface area contributed by atoms with Crippen molar-refractivity contribution in [2.75, 3.05) is 37.6 Å². The lowest BCUT2D eigenvalue weighted by Crippen LogP contribution is -2.47. The van der Waals surface area contributed by atoms with Crippen molar-refractivity contribution < 1.29 is 9.18 Å². The molecule has 0 atom stereocenters. The predicted molar refractivity (Wildman–Crippen MR) is 98.7 cm³/mol. The van der Waals surface area contributed by atoms with Crippen molar-refractivity contribution in [3.05, 3.63) is 53.1 Å². The Morgan fingerprint density at radius 2 is 1.85 bits per heavy atom. The zero-order valence-corrected chi connectivity index (χ0v) is 15.2. The Balaban J connectivity index is 1.66. The van der Waals surface area contributed by atoms with E-state index in [0.29, 0.717) is 18.2 Å². The summed E-state index contributed by atoms with van der Waals surface area (Å²) in [6, 6.07) is 7.75. The molecular weight excluding hydrogens is 333 g/mol. The number of likely N-dealkylation sites (N-methyl/N-ethyl adjacent to an activating group) is 1. The Bertz CT molecular complexity index is 757. The molecule has 0 spiro atoms. The number of nitrogens with one attached hydrogen (secondary N) is 1. The Labute approximate surface area is 153 Å². The number of aryl methyl sites for hydroxylation is 1. The number of halogens is 1. The number of benzene rings is 1. The maximum atomic E-state index is 13.0. The van der Waals surface area contributed by atoms with Gasteiger partial charge in [0.15, 0.2) is 0 Å². The van der Waals surface area contributed by atoms with E-state index in [0.717, 1.165) is 44.0 Å². The van der Waals surface area contributed by atoms with E-state index in [1.54, 1.807) is 18.2 Å². The first-order chi connectivity index (χ1) is 12.5. The molecule has 1 saturated heterocycles. The third-order valence-corrected chi connectivity index (χ3v) is 4.54.